The molecule has 0 unspecified atom stereocenters. The Morgan fingerprint density at radius 3 is 2.47 bits per heavy atom. The number of carbonyl (C=O) groups excluding carboxylic acids is 1. The molecule has 0 spiro atoms. The highest BCUT2D eigenvalue weighted by Gasteiger charge is 2.15. The summed E-state index contributed by atoms with van der Waals surface area (Å²) < 4.78 is 30.7. The largest absolute Gasteiger partial charge is 0.480 e. The average molecular weight is 309 g/mol. The van der Waals surface area contributed by atoms with Crippen molar-refractivity contribution in [2.75, 3.05) is 13.2 Å². The van der Waals surface area contributed by atoms with Crippen LogP contribution in [0.2, 0.25) is 0 Å². The third kappa shape index (κ3) is 3.86. The number of aliphatic carboxylic acids is 1. The van der Waals surface area contributed by atoms with Crippen LogP contribution in [-0.4, -0.2) is 30.1 Å². The molecule has 0 bridgehead atoms. The number of hydrogen-bond acceptors (Lipinski definition) is 3. The summed E-state index contributed by atoms with van der Waals surface area (Å²) >= 11 is 2.77. The lowest BCUT2D eigenvalue weighted by atomic mass is 10.1. The van der Waals surface area contributed by atoms with E-state index in [0.29, 0.717) is 0 Å². The number of carbonyl (C=O) groups is 2. The molecule has 0 saturated carbocycles. The van der Waals surface area contributed by atoms with Crippen molar-refractivity contribution in [3.8, 4) is 0 Å². The van der Waals surface area contributed by atoms with Gasteiger partial charge in [0, 0.05) is 0 Å². The first kappa shape index (κ1) is 13.7. The molecule has 1 N–H and O–H groups in total. The average Bonchev–Trinajstić information content (AvgIpc) is 2.22. The van der Waals surface area contributed by atoms with Gasteiger partial charge in [-0.3, -0.25) is 4.79 Å². The van der Waals surface area contributed by atoms with Gasteiger partial charge >= 0.3 is 5.97 Å². The maximum Gasteiger partial charge on any atom is 0.329 e. The summed E-state index contributed by atoms with van der Waals surface area (Å²) in [6.45, 7) is -1.29. The number of Topliss-reactive ketones (excluding diaryl/α,β-unsaturated/α-hetero) is 1. The third-order valence-electron chi connectivity index (χ3n) is 1.77. The van der Waals surface area contributed by atoms with Crippen molar-refractivity contribution in [1.82, 2.24) is 0 Å². The van der Waals surface area contributed by atoms with Crippen LogP contribution in [0.3, 0.4) is 0 Å². The van der Waals surface area contributed by atoms with Gasteiger partial charge < -0.3 is 9.84 Å². The number of ether oxygens (including phenoxy) is 1. The molecule has 0 aliphatic heterocycles. The Labute approximate surface area is 103 Å². The number of rotatable bonds is 5. The van der Waals surface area contributed by atoms with Gasteiger partial charge in [0.25, 0.3) is 0 Å². The van der Waals surface area contributed by atoms with Crippen molar-refractivity contribution < 1.29 is 28.2 Å². The van der Waals surface area contributed by atoms with E-state index in [2.05, 4.69) is 20.7 Å². The van der Waals surface area contributed by atoms with Gasteiger partial charge in [-0.15, -0.1) is 0 Å². The molecule has 0 radical (unpaired) electrons. The molecule has 0 aliphatic carbocycles. The number of halogens is 3. The van der Waals surface area contributed by atoms with Gasteiger partial charge in [-0.2, -0.15) is 0 Å². The van der Waals surface area contributed by atoms with E-state index in [9.17, 15) is 18.4 Å². The number of hydrogen-bond donors (Lipinski definition) is 1. The van der Waals surface area contributed by atoms with Gasteiger partial charge in [0.1, 0.15) is 24.8 Å². The molecule has 0 atom stereocenters. The molecule has 0 saturated heterocycles. The van der Waals surface area contributed by atoms with Crippen molar-refractivity contribution in [3.05, 3.63) is 33.8 Å². The van der Waals surface area contributed by atoms with Gasteiger partial charge in [0.2, 0.25) is 0 Å². The SMILES string of the molecule is O=C(O)COCC(=O)c1cc(F)c(Br)cc1F. The number of ketones is 1. The minimum Gasteiger partial charge on any atom is -0.480 e. The Balaban J connectivity index is 2.75. The molecule has 92 valence electrons. The quantitative estimate of drug-likeness (QED) is 0.667. The van der Waals surface area contributed by atoms with Crippen LogP contribution >= 0.6 is 15.9 Å². The van der Waals surface area contributed by atoms with E-state index in [4.69, 9.17) is 5.11 Å². The van der Waals surface area contributed by atoms with E-state index in [1.54, 1.807) is 0 Å². The Bertz CT molecular complexity index is 462. The van der Waals surface area contributed by atoms with E-state index in [0.717, 1.165) is 12.1 Å². The van der Waals surface area contributed by atoms with Gasteiger partial charge in [-0.1, -0.05) is 0 Å². The van der Waals surface area contributed by atoms with Crippen LogP contribution in [-0.2, 0) is 9.53 Å². The molecular weight excluding hydrogens is 302 g/mol. The second kappa shape index (κ2) is 5.83. The van der Waals surface area contributed by atoms with Crippen LogP contribution in [0, 0.1) is 11.6 Å². The summed E-state index contributed by atoms with van der Waals surface area (Å²) in [6.07, 6.45) is 0. The molecule has 4 nitrogen and oxygen atoms in total. The van der Waals surface area contributed by atoms with Crippen LogP contribution in [0.15, 0.2) is 16.6 Å². The zero-order valence-corrected chi connectivity index (χ0v) is 9.96. The highest BCUT2D eigenvalue weighted by Crippen LogP contribution is 2.20. The summed E-state index contributed by atoms with van der Waals surface area (Å²) in [5, 5.41) is 8.26. The number of carboxylic acids is 1. The predicted octanol–water partition coefficient (Wildman–Crippen LogP) is 2.01. The van der Waals surface area contributed by atoms with Crippen molar-refractivity contribution >= 4 is 27.7 Å². The molecule has 7 heteroatoms. The van der Waals surface area contributed by atoms with E-state index in [-0.39, 0.29) is 4.47 Å². The zero-order chi connectivity index (χ0) is 13.0. The minimum atomic E-state index is -1.25. The zero-order valence-electron chi connectivity index (χ0n) is 8.37. The minimum absolute atomic E-state index is 0.0991. The second-order valence-corrected chi connectivity index (χ2v) is 3.91. The Hall–Kier alpha value is -1.34. The lowest BCUT2D eigenvalue weighted by Gasteiger charge is -2.04. The van der Waals surface area contributed by atoms with Gasteiger partial charge in [-0.05, 0) is 28.1 Å². The molecule has 1 aromatic carbocycles. The molecule has 0 amide bonds. The van der Waals surface area contributed by atoms with Crippen molar-refractivity contribution in [1.29, 1.82) is 0 Å². The van der Waals surface area contributed by atoms with Gasteiger partial charge in [-0.25, -0.2) is 13.6 Å². The van der Waals surface area contributed by atoms with Crippen molar-refractivity contribution in [2.45, 2.75) is 0 Å². The van der Waals surface area contributed by atoms with Crippen LogP contribution in [0.4, 0.5) is 8.78 Å². The lowest BCUT2D eigenvalue weighted by Crippen LogP contribution is -2.15. The summed E-state index contributed by atoms with van der Waals surface area (Å²) in [7, 11) is 0. The van der Waals surface area contributed by atoms with E-state index < -0.39 is 42.2 Å². The highest BCUT2D eigenvalue weighted by atomic mass is 79.9. The fourth-order valence-electron chi connectivity index (χ4n) is 1.05. The van der Waals surface area contributed by atoms with E-state index >= 15 is 0 Å². The number of carboxylic acid groups (broad SMARTS) is 1. The first-order chi connectivity index (χ1) is 7.91. The van der Waals surface area contributed by atoms with Gasteiger partial charge in [0.15, 0.2) is 5.78 Å². The Morgan fingerprint density at radius 2 is 1.88 bits per heavy atom. The van der Waals surface area contributed by atoms with Crippen LogP contribution < -0.4 is 0 Å². The molecule has 17 heavy (non-hydrogen) atoms. The van der Waals surface area contributed by atoms with Crippen molar-refractivity contribution in [2.24, 2.45) is 0 Å². The fourth-order valence-corrected chi connectivity index (χ4v) is 1.36. The predicted molar refractivity (Wildman–Crippen MR) is 56.8 cm³/mol. The summed E-state index contributed by atoms with van der Waals surface area (Å²) in [5.74, 6) is -3.76. The fraction of sp³-hybridized carbons (Fsp3) is 0.200. The molecular formula is C10H7BrF2O4. The molecule has 1 aromatic rings. The van der Waals surface area contributed by atoms with Crippen LogP contribution in [0.25, 0.3) is 0 Å². The Kier molecular flexibility index (Phi) is 4.71. The summed E-state index contributed by atoms with van der Waals surface area (Å²) in [4.78, 5) is 21.5. The maximum atomic E-state index is 13.3. The second-order valence-electron chi connectivity index (χ2n) is 3.06. The topological polar surface area (TPSA) is 63.6 Å². The first-order valence-corrected chi connectivity index (χ1v) is 5.18. The first-order valence-electron chi connectivity index (χ1n) is 4.39. The number of benzene rings is 1. The van der Waals surface area contributed by atoms with E-state index in [1.165, 1.54) is 0 Å². The molecule has 1 rings (SSSR count). The highest BCUT2D eigenvalue weighted by molar-refractivity contribution is 9.10. The lowest BCUT2D eigenvalue weighted by molar-refractivity contribution is -0.141. The normalized spacial score (nSPS) is 10.3. The van der Waals surface area contributed by atoms with Gasteiger partial charge in [0.05, 0.1) is 10.0 Å². The standard InChI is InChI=1S/C10H7BrF2O4/c11-6-2-7(12)5(1-8(6)13)9(14)3-17-4-10(15)16/h1-2H,3-4H2,(H,15,16). The van der Waals surface area contributed by atoms with Crippen LogP contribution in [0.1, 0.15) is 10.4 Å². The monoisotopic (exact) mass is 308 g/mol. The molecule has 0 aromatic heterocycles. The molecule has 0 heterocycles. The smallest absolute Gasteiger partial charge is 0.329 e. The Morgan fingerprint density at radius 1 is 1.24 bits per heavy atom. The van der Waals surface area contributed by atoms with E-state index in [1.807, 2.05) is 0 Å². The summed E-state index contributed by atoms with van der Waals surface area (Å²) in [5.41, 5.74) is -0.476. The third-order valence-corrected chi connectivity index (χ3v) is 2.38. The summed E-state index contributed by atoms with van der Waals surface area (Å²) in [6, 6.07) is 1.55. The maximum absolute atomic E-state index is 13.3. The van der Waals surface area contributed by atoms with Crippen molar-refractivity contribution in [3.63, 3.8) is 0 Å². The van der Waals surface area contributed by atoms with Crippen LogP contribution in [0.5, 0.6) is 0 Å². The molecule has 0 aliphatic rings. The molecule has 0 fully saturated rings.